The molecule has 0 aliphatic carbocycles. The molecule has 1 amide bonds. The van der Waals surface area contributed by atoms with Crippen molar-refractivity contribution in [3.63, 3.8) is 0 Å². The first kappa shape index (κ1) is 33.1. The minimum Gasteiger partial charge on any atom is -0.507 e. The second kappa shape index (κ2) is 13.0. The Bertz CT molecular complexity index is 1410. The Morgan fingerprint density at radius 2 is 1.50 bits per heavy atom. The van der Waals surface area contributed by atoms with Gasteiger partial charge >= 0.3 is 12.1 Å². The van der Waals surface area contributed by atoms with Gasteiger partial charge in [0.15, 0.2) is 0 Å². The standard InChI is InChI=1S/C35H45NO7Si/c1-24-19-29(37)31(32(38)40-8)30(20-24)41-23-25-21-26(22-36(25)33(39)42-34(2,3)4)43-44(35(5,6)7,27-15-11-9-12-16-27)28-17-13-10-14-18-28/h9-20,25-26,37H,21-23H2,1-8H3/t25-,26+/m1/s1. The highest BCUT2D eigenvalue weighted by Crippen LogP contribution is 2.39. The van der Waals surface area contributed by atoms with E-state index in [1.165, 1.54) is 13.2 Å². The van der Waals surface area contributed by atoms with Crippen molar-refractivity contribution in [3.05, 3.63) is 83.9 Å². The quantitative estimate of drug-likeness (QED) is 0.251. The number of amides is 1. The second-order valence-corrected chi connectivity index (χ2v) is 17.6. The predicted octanol–water partition coefficient (Wildman–Crippen LogP) is 5.82. The topological polar surface area (TPSA) is 94.5 Å². The molecule has 0 aromatic heterocycles. The van der Waals surface area contributed by atoms with Crippen molar-refractivity contribution in [2.75, 3.05) is 20.3 Å². The molecule has 4 rings (SSSR count). The average Bonchev–Trinajstić information content (AvgIpc) is 3.36. The van der Waals surface area contributed by atoms with Gasteiger partial charge in [-0.25, -0.2) is 9.59 Å². The highest BCUT2D eigenvalue weighted by atomic mass is 28.4. The highest BCUT2D eigenvalue weighted by molar-refractivity contribution is 6.99. The molecule has 3 aromatic rings. The van der Waals surface area contributed by atoms with E-state index in [4.69, 9.17) is 18.6 Å². The van der Waals surface area contributed by atoms with Crippen LogP contribution in [0.2, 0.25) is 5.04 Å². The summed E-state index contributed by atoms with van der Waals surface area (Å²) in [6.07, 6.45) is -0.275. The summed E-state index contributed by atoms with van der Waals surface area (Å²) >= 11 is 0. The Labute approximate surface area is 262 Å². The van der Waals surface area contributed by atoms with Gasteiger partial charge in [-0.3, -0.25) is 4.90 Å². The van der Waals surface area contributed by atoms with E-state index in [1.54, 1.807) is 17.9 Å². The minimum absolute atomic E-state index is 0.0555. The lowest BCUT2D eigenvalue weighted by atomic mass is 10.1. The number of carbonyl (C=O) groups excluding carboxylic acids is 2. The van der Waals surface area contributed by atoms with E-state index in [0.717, 1.165) is 10.4 Å². The van der Waals surface area contributed by atoms with Crippen LogP contribution in [0.5, 0.6) is 11.5 Å². The molecular formula is C35H45NO7Si. The van der Waals surface area contributed by atoms with E-state index in [2.05, 4.69) is 45.0 Å². The normalized spacial score (nSPS) is 17.3. The van der Waals surface area contributed by atoms with E-state index in [-0.39, 0.29) is 34.8 Å². The van der Waals surface area contributed by atoms with E-state index >= 15 is 0 Å². The lowest BCUT2D eigenvalue weighted by Crippen LogP contribution is -2.67. The zero-order valence-electron chi connectivity index (χ0n) is 27.0. The van der Waals surface area contributed by atoms with Gasteiger partial charge in [0.05, 0.1) is 19.3 Å². The number of aromatic hydroxyl groups is 1. The SMILES string of the molecule is COC(=O)c1c(O)cc(C)cc1OC[C@H]1C[C@H](O[Si](c2ccccc2)(c2ccccc2)C(C)(C)C)CN1C(=O)OC(C)(C)C. The van der Waals surface area contributed by atoms with Gasteiger partial charge in [-0.15, -0.1) is 0 Å². The number of likely N-dealkylation sites (tertiary alicyclic amines) is 1. The fourth-order valence-corrected chi connectivity index (χ4v) is 10.6. The van der Waals surface area contributed by atoms with Crippen LogP contribution in [0.4, 0.5) is 4.79 Å². The molecule has 0 unspecified atom stereocenters. The van der Waals surface area contributed by atoms with Crippen molar-refractivity contribution in [2.45, 2.75) is 77.7 Å². The number of phenolic OH excluding ortho intramolecular Hbond substituents is 1. The number of hydrogen-bond donors (Lipinski definition) is 1. The molecule has 1 aliphatic rings. The van der Waals surface area contributed by atoms with Crippen molar-refractivity contribution in [3.8, 4) is 11.5 Å². The van der Waals surface area contributed by atoms with Crippen LogP contribution in [0.15, 0.2) is 72.8 Å². The minimum atomic E-state index is -2.90. The number of ether oxygens (including phenoxy) is 3. The summed E-state index contributed by atoms with van der Waals surface area (Å²) in [4.78, 5) is 27.7. The van der Waals surface area contributed by atoms with E-state index < -0.39 is 32.0 Å². The van der Waals surface area contributed by atoms with Crippen molar-refractivity contribution >= 4 is 30.8 Å². The Kier molecular flexibility index (Phi) is 9.80. The zero-order valence-corrected chi connectivity index (χ0v) is 28.0. The fraction of sp³-hybridized carbons (Fsp3) is 0.429. The molecule has 1 N–H and O–H groups in total. The summed E-state index contributed by atoms with van der Waals surface area (Å²) in [7, 11) is -1.65. The fourth-order valence-electron chi connectivity index (χ4n) is 5.94. The van der Waals surface area contributed by atoms with E-state index in [0.29, 0.717) is 18.5 Å². The van der Waals surface area contributed by atoms with Gasteiger partial charge in [0.1, 0.15) is 29.3 Å². The molecule has 3 aromatic carbocycles. The summed E-state index contributed by atoms with van der Waals surface area (Å²) in [5.74, 6) is -0.745. The summed E-state index contributed by atoms with van der Waals surface area (Å²) in [5.41, 5.74) is -0.0340. The number of methoxy groups -OCH3 is 1. The Morgan fingerprint density at radius 1 is 0.932 bits per heavy atom. The molecule has 0 spiro atoms. The van der Waals surface area contributed by atoms with Crippen LogP contribution in [0.25, 0.3) is 0 Å². The third-order valence-electron chi connectivity index (χ3n) is 7.81. The van der Waals surface area contributed by atoms with Gasteiger partial charge in [0, 0.05) is 6.54 Å². The number of carbonyl (C=O) groups is 2. The molecule has 2 atom stereocenters. The smallest absolute Gasteiger partial charge is 0.410 e. The molecule has 44 heavy (non-hydrogen) atoms. The van der Waals surface area contributed by atoms with Crippen molar-refractivity contribution < 1.29 is 33.3 Å². The summed E-state index contributed by atoms with van der Waals surface area (Å²) in [6, 6.07) is 23.5. The molecule has 1 saturated heterocycles. The Morgan fingerprint density at radius 3 is 2.00 bits per heavy atom. The first-order valence-corrected chi connectivity index (χ1v) is 16.9. The number of nitrogens with zero attached hydrogens (tertiary/aromatic N) is 1. The molecule has 0 radical (unpaired) electrons. The number of esters is 1. The lowest BCUT2D eigenvalue weighted by Gasteiger charge is -2.44. The van der Waals surface area contributed by atoms with Gasteiger partial charge in [0.25, 0.3) is 8.32 Å². The van der Waals surface area contributed by atoms with Crippen LogP contribution in [-0.4, -0.2) is 68.4 Å². The third-order valence-corrected chi connectivity index (χ3v) is 12.9. The molecule has 1 heterocycles. The molecule has 8 nitrogen and oxygen atoms in total. The maximum absolute atomic E-state index is 13.6. The molecule has 1 fully saturated rings. The van der Waals surface area contributed by atoms with Gasteiger partial charge in [0.2, 0.25) is 0 Å². The van der Waals surface area contributed by atoms with Crippen molar-refractivity contribution in [2.24, 2.45) is 0 Å². The number of rotatable bonds is 8. The number of phenols is 1. The Balaban J connectivity index is 1.71. The first-order chi connectivity index (χ1) is 20.7. The second-order valence-electron chi connectivity index (χ2n) is 13.4. The highest BCUT2D eigenvalue weighted by Gasteiger charge is 2.53. The number of aryl methyl sites for hydroxylation is 1. The maximum atomic E-state index is 13.6. The van der Waals surface area contributed by atoms with Crippen LogP contribution in [0, 0.1) is 6.92 Å². The maximum Gasteiger partial charge on any atom is 0.410 e. The van der Waals surface area contributed by atoms with Crippen LogP contribution >= 0.6 is 0 Å². The molecule has 0 saturated carbocycles. The van der Waals surface area contributed by atoms with Gasteiger partial charge in [-0.05, 0) is 67.2 Å². The third kappa shape index (κ3) is 7.11. The number of benzene rings is 3. The summed E-state index contributed by atoms with van der Waals surface area (Å²) < 4.78 is 24.2. The van der Waals surface area contributed by atoms with Gasteiger partial charge in [-0.1, -0.05) is 81.4 Å². The molecule has 9 heteroatoms. The largest absolute Gasteiger partial charge is 0.507 e. The first-order valence-electron chi connectivity index (χ1n) is 15.0. The van der Waals surface area contributed by atoms with E-state index in [1.807, 2.05) is 57.2 Å². The summed E-state index contributed by atoms with van der Waals surface area (Å²) in [5, 5.41) is 12.6. The molecule has 236 valence electrons. The van der Waals surface area contributed by atoms with Gasteiger partial charge < -0.3 is 23.7 Å². The molecule has 0 bridgehead atoms. The van der Waals surface area contributed by atoms with Crippen LogP contribution in [0.3, 0.4) is 0 Å². The van der Waals surface area contributed by atoms with Crippen LogP contribution < -0.4 is 15.1 Å². The number of hydrogen-bond acceptors (Lipinski definition) is 7. The van der Waals surface area contributed by atoms with Gasteiger partial charge in [-0.2, -0.15) is 0 Å². The predicted molar refractivity (Wildman–Crippen MR) is 174 cm³/mol. The van der Waals surface area contributed by atoms with Crippen LogP contribution in [0.1, 0.15) is 63.9 Å². The lowest BCUT2D eigenvalue weighted by molar-refractivity contribution is 0.0173. The van der Waals surface area contributed by atoms with E-state index in [9.17, 15) is 14.7 Å². The summed E-state index contributed by atoms with van der Waals surface area (Å²) in [6.45, 7) is 14.3. The average molecular weight is 620 g/mol. The molecule has 1 aliphatic heterocycles. The zero-order chi connectivity index (χ0) is 32.3. The Hall–Kier alpha value is -3.82. The van der Waals surface area contributed by atoms with Crippen molar-refractivity contribution in [1.29, 1.82) is 0 Å². The monoisotopic (exact) mass is 619 g/mol. The molecular weight excluding hydrogens is 574 g/mol. The van der Waals surface area contributed by atoms with Crippen LogP contribution in [-0.2, 0) is 13.9 Å². The van der Waals surface area contributed by atoms with Crippen molar-refractivity contribution in [1.82, 2.24) is 4.90 Å².